The van der Waals surface area contributed by atoms with E-state index < -0.39 is 0 Å². The Bertz CT molecular complexity index is 604. The average molecular weight is 304 g/mol. The van der Waals surface area contributed by atoms with E-state index in [-0.39, 0.29) is 10.9 Å². The Balaban J connectivity index is 2.60. The van der Waals surface area contributed by atoms with Crippen molar-refractivity contribution >= 4 is 21.7 Å². The number of thiol groups is 1. The van der Waals surface area contributed by atoms with Gasteiger partial charge in [-0.05, 0) is 40.7 Å². The molecule has 2 aromatic carbocycles. The summed E-state index contributed by atoms with van der Waals surface area (Å²) in [6.07, 6.45) is 2.48. The zero-order valence-corrected chi connectivity index (χ0v) is 14.6. The molecule has 1 nitrogen and oxygen atoms in total. The summed E-state index contributed by atoms with van der Waals surface area (Å²) >= 11 is 0. The van der Waals surface area contributed by atoms with E-state index in [0.717, 1.165) is 11.3 Å². The van der Waals surface area contributed by atoms with Gasteiger partial charge in [0.15, 0.2) is 0 Å². The van der Waals surface area contributed by atoms with E-state index in [1.165, 1.54) is 34.3 Å². The molecule has 0 saturated heterocycles. The van der Waals surface area contributed by atoms with Gasteiger partial charge in [-0.15, -0.1) is 0 Å². The summed E-state index contributed by atoms with van der Waals surface area (Å²) in [6.45, 7) is 8.84. The maximum atomic E-state index is 10.9. The third kappa shape index (κ3) is 3.37. The van der Waals surface area contributed by atoms with Gasteiger partial charge in [0.1, 0.15) is 5.75 Å². The van der Waals surface area contributed by atoms with Gasteiger partial charge in [-0.2, -0.15) is 0 Å². The van der Waals surface area contributed by atoms with Crippen molar-refractivity contribution in [1.82, 2.24) is 0 Å². The first-order chi connectivity index (χ1) is 10.1. The molecule has 1 unspecified atom stereocenters. The van der Waals surface area contributed by atoms with Gasteiger partial charge >= 0.3 is 0 Å². The van der Waals surface area contributed by atoms with E-state index in [1.807, 2.05) is 0 Å². The number of hydrogen-bond donors (Lipinski definition) is 2. The molecule has 0 aliphatic heterocycles. The molecule has 116 valence electrons. The first-order valence-corrected chi connectivity index (χ1v) is 9.80. The third-order valence-corrected chi connectivity index (χ3v) is 6.76. The number of benzene rings is 2. The van der Waals surface area contributed by atoms with Crippen LogP contribution in [0.2, 0.25) is 0 Å². The molecule has 2 heteroatoms. The smallest absolute Gasteiger partial charge is 0.131 e. The minimum atomic E-state index is -0.244. The van der Waals surface area contributed by atoms with Crippen molar-refractivity contribution < 1.29 is 5.11 Å². The normalized spacial score (nSPS) is 13.9. The Morgan fingerprint density at radius 1 is 1.14 bits per heavy atom. The number of phenols is 1. The van der Waals surface area contributed by atoms with Crippen molar-refractivity contribution in [2.75, 3.05) is 11.5 Å². The van der Waals surface area contributed by atoms with E-state index in [4.69, 9.17) is 0 Å². The van der Waals surface area contributed by atoms with Gasteiger partial charge in [0.2, 0.25) is 0 Å². The molecule has 1 atom stereocenters. The van der Waals surface area contributed by atoms with Gasteiger partial charge in [0, 0.05) is 10.5 Å². The van der Waals surface area contributed by atoms with Crippen LogP contribution in [-0.4, -0.2) is 16.6 Å². The molecule has 2 rings (SSSR count). The number of phenolic OH excluding ortho intramolecular Hbond substituents is 1. The molecule has 0 spiro atoms. The van der Waals surface area contributed by atoms with Crippen LogP contribution in [0.4, 0.5) is 0 Å². The van der Waals surface area contributed by atoms with Gasteiger partial charge in [-0.25, -0.2) is 10.9 Å². The summed E-state index contributed by atoms with van der Waals surface area (Å²) in [6, 6.07) is 10.7. The molecule has 21 heavy (non-hydrogen) atoms. The second-order valence-corrected chi connectivity index (χ2v) is 8.61. The van der Waals surface area contributed by atoms with Gasteiger partial charge in [0.05, 0.1) is 0 Å². The third-order valence-electron chi connectivity index (χ3n) is 4.12. The molecule has 0 bridgehead atoms. The van der Waals surface area contributed by atoms with Crippen molar-refractivity contribution in [2.24, 2.45) is 0 Å². The highest BCUT2D eigenvalue weighted by Crippen LogP contribution is 2.47. The largest absolute Gasteiger partial charge is 0.507 e. The SMILES string of the molecule is CCCC[SH](CC)c1cc2ccccc2c(C(C)C)c1O. The van der Waals surface area contributed by atoms with E-state index in [1.54, 1.807) is 0 Å². The van der Waals surface area contributed by atoms with Crippen LogP contribution >= 0.6 is 10.9 Å². The van der Waals surface area contributed by atoms with Crippen molar-refractivity contribution in [2.45, 2.75) is 51.3 Å². The fraction of sp³-hybridized carbons (Fsp3) is 0.474. The molecule has 1 N–H and O–H groups in total. The van der Waals surface area contributed by atoms with Crippen molar-refractivity contribution in [3.8, 4) is 5.75 Å². The predicted octanol–water partition coefficient (Wildman–Crippen LogP) is 5.85. The summed E-state index contributed by atoms with van der Waals surface area (Å²) in [5.74, 6) is 3.28. The van der Waals surface area contributed by atoms with E-state index in [2.05, 4.69) is 58.0 Å². The Kier molecular flexibility index (Phi) is 5.58. The fourth-order valence-corrected chi connectivity index (χ4v) is 5.31. The van der Waals surface area contributed by atoms with Crippen LogP contribution in [0.5, 0.6) is 5.75 Å². The van der Waals surface area contributed by atoms with Crippen LogP contribution in [0.25, 0.3) is 10.8 Å². The first-order valence-electron chi connectivity index (χ1n) is 8.09. The number of hydrogen-bond acceptors (Lipinski definition) is 1. The van der Waals surface area contributed by atoms with Gasteiger partial charge in [0.25, 0.3) is 0 Å². The van der Waals surface area contributed by atoms with E-state index >= 15 is 0 Å². The summed E-state index contributed by atoms with van der Waals surface area (Å²) in [7, 11) is -0.244. The first kappa shape index (κ1) is 16.2. The molecule has 0 aromatic heterocycles. The average Bonchev–Trinajstić information content (AvgIpc) is 2.47. The monoisotopic (exact) mass is 304 g/mol. The standard InChI is InChI=1S/C19H28OS/c1-5-7-12-21(6-2)17-13-15-10-8-9-11-16(15)18(14(3)4)19(17)20/h8-11,13-14,20-21H,5-7,12H2,1-4H3. The second-order valence-electron chi connectivity index (χ2n) is 5.97. The number of fused-ring (bicyclic) bond motifs is 1. The summed E-state index contributed by atoms with van der Waals surface area (Å²) in [4.78, 5) is 1.21. The van der Waals surface area contributed by atoms with Crippen molar-refractivity contribution in [1.29, 1.82) is 0 Å². The quantitative estimate of drug-likeness (QED) is 0.641. The highest BCUT2D eigenvalue weighted by molar-refractivity contribution is 8.17. The van der Waals surface area contributed by atoms with Crippen molar-refractivity contribution in [3.05, 3.63) is 35.9 Å². The lowest BCUT2D eigenvalue weighted by Gasteiger charge is -2.25. The number of aromatic hydroxyl groups is 1. The molecule has 0 saturated carbocycles. The van der Waals surface area contributed by atoms with Crippen LogP contribution in [0.1, 0.15) is 52.0 Å². The molecular weight excluding hydrogens is 276 g/mol. The highest BCUT2D eigenvalue weighted by Gasteiger charge is 2.18. The van der Waals surface area contributed by atoms with Gasteiger partial charge < -0.3 is 5.11 Å². The molecular formula is C19H28OS. The number of unbranched alkanes of at least 4 members (excludes halogenated alkanes) is 1. The van der Waals surface area contributed by atoms with Crippen molar-refractivity contribution in [3.63, 3.8) is 0 Å². The lowest BCUT2D eigenvalue weighted by Crippen LogP contribution is -1.98. The van der Waals surface area contributed by atoms with Crippen LogP contribution in [0.15, 0.2) is 35.2 Å². The zero-order valence-electron chi connectivity index (χ0n) is 13.7. The minimum Gasteiger partial charge on any atom is -0.507 e. The lowest BCUT2D eigenvalue weighted by molar-refractivity contribution is 0.453. The van der Waals surface area contributed by atoms with Crippen LogP contribution in [0.3, 0.4) is 0 Å². The Hall–Kier alpha value is -1.15. The predicted molar refractivity (Wildman–Crippen MR) is 97.3 cm³/mol. The Morgan fingerprint density at radius 3 is 2.48 bits per heavy atom. The Labute approximate surface area is 131 Å². The van der Waals surface area contributed by atoms with Crippen LogP contribution in [-0.2, 0) is 0 Å². The molecule has 0 aliphatic rings. The minimum absolute atomic E-state index is 0.244. The summed E-state index contributed by atoms with van der Waals surface area (Å²) in [5.41, 5.74) is 1.13. The van der Waals surface area contributed by atoms with Gasteiger partial charge in [-0.3, -0.25) is 0 Å². The van der Waals surface area contributed by atoms with Gasteiger partial charge in [-0.1, -0.05) is 58.4 Å². The Morgan fingerprint density at radius 2 is 1.86 bits per heavy atom. The van der Waals surface area contributed by atoms with Crippen LogP contribution < -0.4 is 0 Å². The number of rotatable bonds is 6. The fourth-order valence-electron chi connectivity index (χ4n) is 2.97. The van der Waals surface area contributed by atoms with E-state index in [9.17, 15) is 5.11 Å². The summed E-state index contributed by atoms with van der Waals surface area (Å²) in [5, 5.41) is 13.3. The summed E-state index contributed by atoms with van der Waals surface area (Å²) < 4.78 is 0. The topological polar surface area (TPSA) is 20.2 Å². The molecule has 0 radical (unpaired) electrons. The second kappa shape index (κ2) is 7.22. The lowest BCUT2D eigenvalue weighted by atomic mass is 9.95. The maximum absolute atomic E-state index is 10.9. The molecule has 0 amide bonds. The zero-order chi connectivity index (χ0) is 15.4. The molecule has 2 aromatic rings. The highest BCUT2D eigenvalue weighted by atomic mass is 32.2. The molecule has 0 heterocycles. The molecule has 0 aliphatic carbocycles. The molecule has 0 fully saturated rings. The van der Waals surface area contributed by atoms with Crippen LogP contribution in [0, 0.1) is 0 Å². The maximum Gasteiger partial charge on any atom is 0.131 e. The van der Waals surface area contributed by atoms with E-state index in [0.29, 0.717) is 11.7 Å².